The van der Waals surface area contributed by atoms with E-state index in [9.17, 15) is 0 Å². The number of hydrogen-bond acceptors (Lipinski definition) is 3. The molecule has 0 aromatic rings. The lowest BCUT2D eigenvalue weighted by Gasteiger charge is -2.21. The molecule has 5 nitrogen and oxygen atoms in total. The first-order valence-electron chi connectivity index (χ1n) is 6.90. The largest absolute Gasteiger partial charge is 0.383 e. The zero-order chi connectivity index (χ0) is 13.4. The second-order valence-electron chi connectivity index (χ2n) is 5.31. The monoisotopic (exact) mass is 384 g/mol. The van der Waals surface area contributed by atoms with E-state index in [-0.39, 0.29) is 24.0 Å². The fourth-order valence-corrected chi connectivity index (χ4v) is 1.79. The van der Waals surface area contributed by atoms with Crippen molar-refractivity contribution in [3.8, 4) is 0 Å². The predicted octanol–water partition coefficient (Wildman–Crippen LogP) is 1.28. The lowest BCUT2D eigenvalue weighted by molar-refractivity contribution is 0.144. The maximum absolute atomic E-state index is 5.80. The molecule has 0 spiro atoms. The maximum Gasteiger partial charge on any atom is 0.188 e. The van der Waals surface area contributed by atoms with Crippen LogP contribution in [0.1, 0.15) is 26.7 Å². The normalized spacial score (nSPS) is 15.7. The first kappa shape index (κ1) is 18.9. The number of ether oxygens (including phenoxy) is 1. The molecule has 1 saturated carbocycles. The van der Waals surface area contributed by atoms with Crippen LogP contribution >= 0.6 is 24.0 Å². The van der Waals surface area contributed by atoms with E-state index in [4.69, 9.17) is 10.5 Å². The molecule has 6 heteroatoms. The predicted molar refractivity (Wildman–Crippen MR) is 91.2 cm³/mol. The van der Waals surface area contributed by atoms with Gasteiger partial charge >= 0.3 is 0 Å². The Morgan fingerprint density at radius 2 is 2.11 bits per heavy atom. The summed E-state index contributed by atoms with van der Waals surface area (Å²) < 4.78 is 5.13. The van der Waals surface area contributed by atoms with Gasteiger partial charge in [0.2, 0.25) is 0 Å². The van der Waals surface area contributed by atoms with Gasteiger partial charge in [-0.15, -0.1) is 24.0 Å². The van der Waals surface area contributed by atoms with Gasteiger partial charge in [-0.25, -0.2) is 0 Å². The lowest BCUT2D eigenvalue weighted by atomic mass is 10.2. The van der Waals surface area contributed by atoms with Crippen LogP contribution in [-0.4, -0.2) is 56.8 Å². The summed E-state index contributed by atoms with van der Waals surface area (Å²) in [4.78, 5) is 6.75. The minimum absolute atomic E-state index is 0. The third-order valence-corrected chi connectivity index (χ3v) is 2.98. The van der Waals surface area contributed by atoms with Crippen molar-refractivity contribution in [1.82, 2.24) is 10.2 Å². The van der Waals surface area contributed by atoms with E-state index in [2.05, 4.69) is 29.1 Å². The fraction of sp³-hybridized carbons (Fsp3) is 0.923. The molecule has 0 radical (unpaired) electrons. The van der Waals surface area contributed by atoms with Crippen LogP contribution < -0.4 is 11.1 Å². The number of rotatable bonds is 9. The number of nitrogens with one attached hydrogen (secondary N) is 1. The number of halogens is 1. The van der Waals surface area contributed by atoms with Crippen molar-refractivity contribution in [2.75, 3.05) is 39.9 Å². The minimum Gasteiger partial charge on any atom is -0.383 e. The van der Waals surface area contributed by atoms with Crippen molar-refractivity contribution in [3.05, 3.63) is 0 Å². The Labute approximate surface area is 134 Å². The van der Waals surface area contributed by atoms with Crippen LogP contribution in [0.4, 0.5) is 0 Å². The highest BCUT2D eigenvalue weighted by Gasteiger charge is 2.27. The number of nitrogens with zero attached hydrogens (tertiary/aromatic N) is 2. The van der Waals surface area contributed by atoms with Gasteiger partial charge in [0.15, 0.2) is 5.96 Å². The molecular formula is C13H29IN4O. The Morgan fingerprint density at radius 1 is 1.42 bits per heavy atom. The van der Waals surface area contributed by atoms with Crippen molar-refractivity contribution in [3.63, 3.8) is 0 Å². The van der Waals surface area contributed by atoms with Gasteiger partial charge in [0.1, 0.15) is 0 Å². The quantitative estimate of drug-likeness (QED) is 0.357. The summed E-state index contributed by atoms with van der Waals surface area (Å²) in [5.41, 5.74) is 5.80. The summed E-state index contributed by atoms with van der Waals surface area (Å²) >= 11 is 0. The molecule has 19 heavy (non-hydrogen) atoms. The minimum atomic E-state index is 0. The SMILES string of the molecule is COCCN(CCNC(N)=NCC(C)C)C1CC1.I. The Bertz CT molecular complexity index is 257. The molecule has 0 bridgehead atoms. The average Bonchev–Trinajstić information content (AvgIpc) is 3.15. The molecule has 1 rings (SSSR count). The number of nitrogens with two attached hydrogens (primary N) is 1. The van der Waals surface area contributed by atoms with E-state index in [1.807, 2.05) is 0 Å². The summed E-state index contributed by atoms with van der Waals surface area (Å²) in [6, 6.07) is 0.760. The molecule has 1 aliphatic carbocycles. The third-order valence-electron chi connectivity index (χ3n) is 2.98. The fourth-order valence-electron chi connectivity index (χ4n) is 1.79. The molecular weight excluding hydrogens is 355 g/mol. The smallest absolute Gasteiger partial charge is 0.188 e. The van der Waals surface area contributed by atoms with Gasteiger partial charge in [-0.3, -0.25) is 9.89 Å². The first-order valence-corrected chi connectivity index (χ1v) is 6.90. The first-order chi connectivity index (χ1) is 8.63. The highest BCUT2D eigenvalue weighted by Crippen LogP contribution is 2.25. The molecule has 1 aliphatic rings. The molecule has 114 valence electrons. The molecule has 0 unspecified atom stereocenters. The third kappa shape index (κ3) is 9.45. The second kappa shape index (κ2) is 10.7. The van der Waals surface area contributed by atoms with E-state index in [0.717, 1.165) is 38.8 Å². The van der Waals surface area contributed by atoms with E-state index < -0.39 is 0 Å². The molecule has 0 heterocycles. The van der Waals surface area contributed by atoms with E-state index in [0.29, 0.717) is 11.9 Å². The molecule has 0 aromatic carbocycles. The van der Waals surface area contributed by atoms with E-state index >= 15 is 0 Å². The average molecular weight is 384 g/mol. The van der Waals surface area contributed by atoms with Gasteiger partial charge < -0.3 is 15.8 Å². The van der Waals surface area contributed by atoms with Crippen molar-refractivity contribution in [2.45, 2.75) is 32.7 Å². The van der Waals surface area contributed by atoms with Crippen molar-refractivity contribution in [1.29, 1.82) is 0 Å². The Morgan fingerprint density at radius 3 is 2.63 bits per heavy atom. The number of hydrogen-bond donors (Lipinski definition) is 2. The van der Waals surface area contributed by atoms with Gasteiger partial charge in [-0.05, 0) is 18.8 Å². The summed E-state index contributed by atoms with van der Waals surface area (Å²) in [6.45, 7) is 8.72. The lowest BCUT2D eigenvalue weighted by Crippen LogP contribution is -2.40. The van der Waals surface area contributed by atoms with Gasteiger partial charge in [-0.1, -0.05) is 13.8 Å². The summed E-state index contributed by atoms with van der Waals surface area (Å²) in [7, 11) is 1.75. The highest BCUT2D eigenvalue weighted by molar-refractivity contribution is 14.0. The molecule has 0 aliphatic heterocycles. The van der Waals surface area contributed by atoms with Gasteiger partial charge in [0.25, 0.3) is 0 Å². The zero-order valence-corrected chi connectivity index (χ0v) is 14.7. The molecule has 0 amide bonds. The number of guanidine groups is 1. The standard InChI is InChI=1S/C13H28N4O.HI/c1-11(2)10-16-13(14)15-6-7-17(8-9-18-3)12-4-5-12;/h11-12H,4-10H2,1-3H3,(H3,14,15,16);1H. The van der Waals surface area contributed by atoms with Gasteiger partial charge in [0.05, 0.1) is 6.61 Å². The van der Waals surface area contributed by atoms with Crippen LogP contribution in [0.3, 0.4) is 0 Å². The van der Waals surface area contributed by atoms with Gasteiger partial charge in [-0.2, -0.15) is 0 Å². The van der Waals surface area contributed by atoms with Crippen LogP contribution in [0, 0.1) is 5.92 Å². The van der Waals surface area contributed by atoms with Crippen LogP contribution in [0.2, 0.25) is 0 Å². The van der Waals surface area contributed by atoms with E-state index in [1.165, 1.54) is 12.8 Å². The van der Waals surface area contributed by atoms with Crippen LogP contribution in [-0.2, 0) is 4.74 Å². The summed E-state index contributed by atoms with van der Waals surface area (Å²) in [6.07, 6.45) is 2.64. The molecule has 1 fully saturated rings. The van der Waals surface area contributed by atoms with Gasteiger partial charge in [0, 0.05) is 39.3 Å². The van der Waals surface area contributed by atoms with Crippen molar-refractivity contribution < 1.29 is 4.74 Å². The highest BCUT2D eigenvalue weighted by atomic mass is 127. The molecule has 3 N–H and O–H groups in total. The summed E-state index contributed by atoms with van der Waals surface area (Å²) in [5, 5.41) is 3.17. The maximum atomic E-state index is 5.80. The van der Waals surface area contributed by atoms with E-state index in [1.54, 1.807) is 7.11 Å². The van der Waals surface area contributed by atoms with Crippen LogP contribution in [0.5, 0.6) is 0 Å². The van der Waals surface area contributed by atoms with Crippen molar-refractivity contribution >= 4 is 29.9 Å². The Kier molecular flexibility index (Phi) is 10.6. The Hall–Kier alpha value is -0.0800. The molecule has 0 atom stereocenters. The number of aliphatic imine (C=N–C) groups is 1. The molecule has 0 aromatic heterocycles. The number of methoxy groups -OCH3 is 1. The summed E-state index contributed by atoms with van der Waals surface area (Å²) in [5.74, 6) is 1.11. The Balaban J connectivity index is 0.00000324. The zero-order valence-electron chi connectivity index (χ0n) is 12.4. The molecule has 0 saturated heterocycles. The second-order valence-corrected chi connectivity index (χ2v) is 5.31. The topological polar surface area (TPSA) is 62.9 Å². The van der Waals surface area contributed by atoms with Crippen LogP contribution in [0.15, 0.2) is 4.99 Å². The van der Waals surface area contributed by atoms with Crippen molar-refractivity contribution in [2.24, 2.45) is 16.6 Å². The van der Waals surface area contributed by atoms with Crippen LogP contribution in [0.25, 0.3) is 0 Å².